The highest BCUT2D eigenvalue weighted by Gasteiger charge is 2.15. The summed E-state index contributed by atoms with van der Waals surface area (Å²) in [7, 11) is 1.64. The average molecular weight is 261 g/mol. The first kappa shape index (κ1) is 12.9. The Hall–Kier alpha value is -2.57. The number of rotatable bonds is 3. The number of hydrogen-bond donors (Lipinski definition) is 2. The number of carbonyl (C=O) groups excluding carboxylic acids is 1. The molecule has 7 heteroatoms. The van der Waals surface area contributed by atoms with Crippen LogP contribution in [-0.2, 0) is 13.6 Å². The second-order valence-electron chi connectivity index (χ2n) is 4.07. The molecule has 100 valence electrons. The van der Waals surface area contributed by atoms with Gasteiger partial charge in [-0.2, -0.15) is 5.10 Å². The molecule has 1 amide bonds. The molecule has 3 N–H and O–H groups in total. The lowest BCUT2D eigenvalue weighted by Gasteiger charge is -2.08. The van der Waals surface area contributed by atoms with E-state index < -0.39 is 0 Å². The molecule has 0 unspecified atom stereocenters. The van der Waals surface area contributed by atoms with E-state index >= 15 is 0 Å². The van der Waals surface area contributed by atoms with Gasteiger partial charge in [-0.3, -0.25) is 14.3 Å². The van der Waals surface area contributed by atoms with E-state index in [2.05, 4.69) is 10.4 Å². The van der Waals surface area contributed by atoms with Gasteiger partial charge in [-0.1, -0.05) is 0 Å². The van der Waals surface area contributed by atoms with Crippen LogP contribution in [0.5, 0.6) is 0 Å². The molecule has 0 radical (unpaired) electrons. The van der Waals surface area contributed by atoms with E-state index in [1.54, 1.807) is 19.3 Å². The molecule has 0 spiro atoms. The molecule has 2 aromatic rings. The molecule has 0 aliphatic heterocycles. The number of carbonyl (C=O) groups is 1. The first-order valence-corrected chi connectivity index (χ1v) is 5.82. The van der Waals surface area contributed by atoms with Gasteiger partial charge >= 0.3 is 0 Å². The van der Waals surface area contributed by atoms with Crippen LogP contribution in [0.25, 0.3) is 0 Å². The Morgan fingerprint density at radius 2 is 2.21 bits per heavy atom. The molecular formula is C12H15N5O2. The standard InChI is InChI=1S/C12H15N5O2/c1-3-17-7-8(4-5-10(17)18)15-12(19)11-9(13)6-14-16(11)2/h4-7H,3,13H2,1-2H3,(H,15,19). The van der Waals surface area contributed by atoms with E-state index in [4.69, 9.17) is 5.73 Å². The third-order valence-corrected chi connectivity index (χ3v) is 2.76. The van der Waals surface area contributed by atoms with E-state index in [0.717, 1.165) is 0 Å². The molecule has 0 bridgehead atoms. The summed E-state index contributed by atoms with van der Waals surface area (Å²) in [5.41, 5.74) is 6.70. The minimum absolute atomic E-state index is 0.111. The number of pyridine rings is 1. The fourth-order valence-electron chi connectivity index (χ4n) is 1.78. The first-order chi connectivity index (χ1) is 9.02. The fourth-order valence-corrected chi connectivity index (χ4v) is 1.78. The van der Waals surface area contributed by atoms with Gasteiger partial charge in [0.05, 0.1) is 17.6 Å². The molecule has 2 rings (SSSR count). The van der Waals surface area contributed by atoms with Crippen LogP contribution in [0.4, 0.5) is 11.4 Å². The second-order valence-corrected chi connectivity index (χ2v) is 4.07. The Morgan fingerprint density at radius 1 is 1.47 bits per heavy atom. The van der Waals surface area contributed by atoms with Crippen LogP contribution in [0.1, 0.15) is 17.4 Å². The summed E-state index contributed by atoms with van der Waals surface area (Å²) in [4.78, 5) is 23.5. The Morgan fingerprint density at radius 3 is 2.79 bits per heavy atom. The number of nitrogens with two attached hydrogens (primary N) is 1. The van der Waals surface area contributed by atoms with Gasteiger partial charge < -0.3 is 15.6 Å². The van der Waals surface area contributed by atoms with Gasteiger partial charge in [0, 0.05) is 25.9 Å². The van der Waals surface area contributed by atoms with E-state index in [9.17, 15) is 9.59 Å². The number of aromatic nitrogens is 3. The van der Waals surface area contributed by atoms with Crippen molar-refractivity contribution in [3.05, 3.63) is 40.6 Å². The predicted molar refractivity (Wildman–Crippen MR) is 71.9 cm³/mol. The number of anilines is 2. The fraction of sp³-hybridized carbons (Fsp3) is 0.250. The molecule has 0 aliphatic rings. The van der Waals surface area contributed by atoms with Crippen molar-refractivity contribution in [2.45, 2.75) is 13.5 Å². The van der Waals surface area contributed by atoms with E-state index in [1.165, 1.54) is 21.5 Å². The van der Waals surface area contributed by atoms with Crippen molar-refractivity contribution in [2.75, 3.05) is 11.1 Å². The van der Waals surface area contributed by atoms with Gasteiger partial charge in [0.2, 0.25) is 0 Å². The maximum Gasteiger partial charge on any atom is 0.276 e. The molecule has 2 aromatic heterocycles. The largest absolute Gasteiger partial charge is 0.396 e. The van der Waals surface area contributed by atoms with Gasteiger partial charge in [-0.05, 0) is 13.0 Å². The maximum atomic E-state index is 12.1. The first-order valence-electron chi connectivity index (χ1n) is 5.82. The zero-order valence-electron chi connectivity index (χ0n) is 10.8. The molecule has 2 heterocycles. The van der Waals surface area contributed by atoms with Crippen LogP contribution in [0.3, 0.4) is 0 Å². The highest BCUT2D eigenvalue weighted by molar-refractivity contribution is 6.06. The molecule has 0 saturated heterocycles. The molecule has 0 aliphatic carbocycles. The number of amides is 1. The van der Waals surface area contributed by atoms with Crippen molar-refractivity contribution in [3.63, 3.8) is 0 Å². The number of hydrogen-bond acceptors (Lipinski definition) is 4. The van der Waals surface area contributed by atoms with E-state index in [-0.39, 0.29) is 17.2 Å². The van der Waals surface area contributed by atoms with Crippen molar-refractivity contribution in [2.24, 2.45) is 7.05 Å². The lowest BCUT2D eigenvalue weighted by molar-refractivity contribution is 0.101. The second kappa shape index (κ2) is 4.97. The zero-order chi connectivity index (χ0) is 14.0. The van der Waals surface area contributed by atoms with E-state index in [1.807, 2.05) is 6.92 Å². The van der Waals surface area contributed by atoms with E-state index in [0.29, 0.717) is 17.9 Å². The van der Waals surface area contributed by atoms with Crippen LogP contribution in [0, 0.1) is 0 Å². The number of nitrogens with one attached hydrogen (secondary N) is 1. The lowest BCUT2D eigenvalue weighted by Crippen LogP contribution is -2.21. The maximum absolute atomic E-state index is 12.1. The lowest BCUT2D eigenvalue weighted by atomic mass is 10.3. The normalized spacial score (nSPS) is 10.4. The molecule has 7 nitrogen and oxygen atoms in total. The minimum Gasteiger partial charge on any atom is -0.396 e. The molecule has 0 atom stereocenters. The Bertz CT molecular complexity index is 651. The Kier molecular flexibility index (Phi) is 3.37. The molecule has 0 fully saturated rings. The Balaban J connectivity index is 2.27. The predicted octanol–water partition coefficient (Wildman–Crippen LogP) is 0.436. The summed E-state index contributed by atoms with van der Waals surface area (Å²) < 4.78 is 2.91. The van der Waals surface area contributed by atoms with Crippen molar-refractivity contribution in [3.8, 4) is 0 Å². The monoisotopic (exact) mass is 261 g/mol. The van der Waals surface area contributed by atoms with Crippen LogP contribution in [-0.4, -0.2) is 20.3 Å². The Labute approximate surface area is 109 Å². The van der Waals surface area contributed by atoms with Crippen LogP contribution >= 0.6 is 0 Å². The van der Waals surface area contributed by atoms with Gasteiger partial charge in [0.25, 0.3) is 11.5 Å². The highest BCUT2D eigenvalue weighted by Crippen LogP contribution is 2.12. The SMILES string of the molecule is CCn1cc(NC(=O)c2c(N)cnn2C)ccc1=O. The van der Waals surface area contributed by atoms with Crippen molar-refractivity contribution < 1.29 is 4.79 Å². The number of aryl methyl sites for hydroxylation is 2. The topological polar surface area (TPSA) is 94.9 Å². The smallest absolute Gasteiger partial charge is 0.276 e. The third-order valence-electron chi connectivity index (χ3n) is 2.76. The quantitative estimate of drug-likeness (QED) is 0.838. The summed E-state index contributed by atoms with van der Waals surface area (Å²) in [6.07, 6.45) is 3.01. The number of nitrogens with zero attached hydrogens (tertiary/aromatic N) is 3. The number of nitrogen functional groups attached to an aromatic ring is 1. The van der Waals surface area contributed by atoms with Crippen LogP contribution in [0.2, 0.25) is 0 Å². The third kappa shape index (κ3) is 2.49. The summed E-state index contributed by atoms with van der Waals surface area (Å²) in [5.74, 6) is -0.362. The summed E-state index contributed by atoms with van der Waals surface area (Å²) in [6, 6.07) is 2.96. The summed E-state index contributed by atoms with van der Waals surface area (Å²) in [5, 5.41) is 6.59. The summed E-state index contributed by atoms with van der Waals surface area (Å²) in [6.45, 7) is 2.39. The van der Waals surface area contributed by atoms with Gasteiger partial charge in [0.1, 0.15) is 5.69 Å². The summed E-state index contributed by atoms with van der Waals surface area (Å²) >= 11 is 0. The van der Waals surface area contributed by atoms with Crippen molar-refractivity contribution in [1.29, 1.82) is 0 Å². The van der Waals surface area contributed by atoms with Gasteiger partial charge in [-0.25, -0.2) is 0 Å². The highest BCUT2D eigenvalue weighted by atomic mass is 16.2. The average Bonchev–Trinajstić information content (AvgIpc) is 2.71. The van der Waals surface area contributed by atoms with Gasteiger partial charge in [0.15, 0.2) is 0 Å². The zero-order valence-corrected chi connectivity index (χ0v) is 10.8. The molecule has 19 heavy (non-hydrogen) atoms. The molecule has 0 aromatic carbocycles. The van der Waals surface area contributed by atoms with Crippen LogP contribution in [0.15, 0.2) is 29.3 Å². The molecule has 0 saturated carbocycles. The molecular weight excluding hydrogens is 246 g/mol. The minimum atomic E-state index is -0.362. The van der Waals surface area contributed by atoms with Crippen molar-refractivity contribution >= 4 is 17.3 Å². The van der Waals surface area contributed by atoms with Crippen molar-refractivity contribution in [1.82, 2.24) is 14.3 Å². The van der Waals surface area contributed by atoms with Gasteiger partial charge in [-0.15, -0.1) is 0 Å². The van der Waals surface area contributed by atoms with Crippen LogP contribution < -0.4 is 16.6 Å².